The highest BCUT2D eigenvalue weighted by Crippen LogP contribution is 2.12. The molecule has 0 fully saturated rings. The predicted molar refractivity (Wildman–Crippen MR) is 39.0 cm³/mol. The lowest BCUT2D eigenvalue weighted by molar-refractivity contribution is 1.17. The van der Waals surface area contributed by atoms with Crippen LogP contribution in [0.15, 0.2) is 23.3 Å². The van der Waals surface area contributed by atoms with Crippen molar-refractivity contribution in [1.82, 2.24) is 0 Å². The van der Waals surface area contributed by atoms with Crippen molar-refractivity contribution >= 4 is 11.6 Å². The van der Waals surface area contributed by atoms with Crippen LogP contribution < -0.4 is 0 Å². The Kier molecular flexibility index (Phi) is 3.63. The molecule has 0 spiro atoms. The number of hydrogen-bond donors (Lipinski definition) is 0. The Morgan fingerprint density at radius 2 is 2.25 bits per heavy atom. The lowest BCUT2D eigenvalue weighted by atomic mass is 10.2. The first kappa shape index (κ1) is 7.77. The highest BCUT2D eigenvalue weighted by atomic mass is 35.5. The van der Waals surface area contributed by atoms with Gasteiger partial charge in [0.05, 0.1) is 0 Å². The predicted octanol–water partition coefficient (Wildman–Crippen LogP) is 3.10. The van der Waals surface area contributed by atoms with Crippen molar-refractivity contribution in [1.29, 1.82) is 0 Å². The molecule has 0 unspecified atom stereocenters. The molecule has 0 aromatic carbocycles. The Morgan fingerprint density at radius 3 is 2.38 bits per heavy atom. The SMILES string of the molecule is C=C/C(C)=C(/Cl)CC. The van der Waals surface area contributed by atoms with Crippen LogP contribution >= 0.6 is 11.6 Å². The van der Waals surface area contributed by atoms with Gasteiger partial charge in [-0.1, -0.05) is 31.2 Å². The molecule has 0 atom stereocenters. The minimum atomic E-state index is 0.902. The molecule has 0 aliphatic rings. The number of allylic oxidation sites excluding steroid dienone is 3. The third kappa shape index (κ3) is 2.17. The summed E-state index contributed by atoms with van der Waals surface area (Å²) in [6.45, 7) is 7.57. The summed E-state index contributed by atoms with van der Waals surface area (Å²) >= 11 is 5.72. The molecule has 0 radical (unpaired) electrons. The van der Waals surface area contributed by atoms with Gasteiger partial charge in [0.25, 0.3) is 0 Å². The van der Waals surface area contributed by atoms with Crippen LogP contribution in [0, 0.1) is 0 Å². The Labute approximate surface area is 55.9 Å². The lowest BCUT2D eigenvalue weighted by Crippen LogP contribution is -1.72. The fraction of sp³-hybridized carbons (Fsp3) is 0.429. The van der Waals surface area contributed by atoms with E-state index in [4.69, 9.17) is 11.6 Å². The summed E-state index contributed by atoms with van der Waals surface area (Å²) in [5.41, 5.74) is 1.08. The second-order valence-corrected chi connectivity index (χ2v) is 2.10. The van der Waals surface area contributed by atoms with Gasteiger partial charge < -0.3 is 0 Å². The molecule has 8 heavy (non-hydrogen) atoms. The van der Waals surface area contributed by atoms with Gasteiger partial charge in [-0.15, -0.1) is 0 Å². The largest absolute Gasteiger partial charge is 0.0988 e. The van der Waals surface area contributed by atoms with E-state index in [0.29, 0.717) is 0 Å². The third-order valence-electron chi connectivity index (χ3n) is 1.04. The molecular formula is C7H11Cl. The molecule has 0 N–H and O–H groups in total. The van der Waals surface area contributed by atoms with Gasteiger partial charge in [0.1, 0.15) is 0 Å². The second-order valence-electron chi connectivity index (χ2n) is 1.65. The van der Waals surface area contributed by atoms with Crippen LogP contribution in [0.4, 0.5) is 0 Å². The quantitative estimate of drug-likeness (QED) is 0.504. The maximum Gasteiger partial charge on any atom is 0.0207 e. The van der Waals surface area contributed by atoms with Gasteiger partial charge in [-0.05, 0) is 18.9 Å². The van der Waals surface area contributed by atoms with Crippen LogP contribution in [0.3, 0.4) is 0 Å². The van der Waals surface area contributed by atoms with Crippen molar-refractivity contribution in [2.45, 2.75) is 20.3 Å². The zero-order chi connectivity index (χ0) is 6.57. The average molecular weight is 131 g/mol. The van der Waals surface area contributed by atoms with Crippen LogP contribution in [-0.2, 0) is 0 Å². The summed E-state index contributed by atoms with van der Waals surface area (Å²) in [5.74, 6) is 0. The van der Waals surface area contributed by atoms with Gasteiger partial charge in [-0.25, -0.2) is 0 Å². The summed E-state index contributed by atoms with van der Waals surface area (Å²) in [6, 6.07) is 0. The molecule has 1 heteroatoms. The number of rotatable bonds is 2. The zero-order valence-corrected chi connectivity index (χ0v) is 6.13. The summed E-state index contributed by atoms with van der Waals surface area (Å²) in [7, 11) is 0. The Balaban J connectivity index is 4.03. The topological polar surface area (TPSA) is 0 Å². The van der Waals surface area contributed by atoms with E-state index in [1.165, 1.54) is 0 Å². The van der Waals surface area contributed by atoms with Crippen molar-refractivity contribution in [2.75, 3.05) is 0 Å². The molecule has 0 nitrogen and oxygen atoms in total. The maximum absolute atomic E-state index is 5.72. The van der Waals surface area contributed by atoms with Crippen molar-refractivity contribution < 1.29 is 0 Å². The van der Waals surface area contributed by atoms with Crippen molar-refractivity contribution in [2.24, 2.45) is 0 Å². The normalized spacial score (nSPS) is 12.9. The summed E-state index contributed by atoms with van der Waals surface area (Å²) < 4.78 is 0. The maximum atomic E-state index is 5.72. The Hall–Kier alpha value is -0.230. The molecule has 0 amide bonds. The van der Waals surface area contributed by atoms with Crippen LogP contribution in [0.1, 0.15) is 20.3 Å². The fourth-order valence-corrected chi connectivity index (χ4v) is 0.467. The molecule has 0 rings (SSSR count). The zero-order valence-electron chi connectivity index (χ0n) is 5.37. The molecule has 0 aliphatic heterocycles. The summed E-state index contributed by atoms with van der Waals surface area (Å²) in [4.78, 5) is 0. The van der Waals surface area contributed by atoms with Crippen molar-refractivity contribution in [3.63, 3.8) is 0 Å². The van der Waals surface area contributed by atoms with Crippen LogP contribution in [0.25, 0.3) is 0 Å². The highest BCUT2D eigenvalue weighted by Gasteiger charge is 1.88. The highest BCUT2D eigenvalue weighted by molar-refractivity contribution is 6.30. The van der Waals surface area contributed by atoms with Crippen LogP contribution in [0.5, 0.6) is 0 Å². The molecule has 0 saturated heterocycles. The van der Waals surface area contributed by atoms with Gasteiger partial charge in [0.15, 0.2) is 0 Å². The Bertz CT molecular complexity index is 112. The Morgan fingerprint density at radius 1 is 1.75 bits per heavy atom. The first-order chi connectivity index (χ1) is 3.72. The minimum Gasteiger partial charge on any atom is -0.0988 e. The van der Waals surface area contributed by atoms with E-state index in [2.05, 4.69) is 6.58 Å². The van der Waals surface area contributed by atoms with E-state index in [1.54, 1.807) is 6.08 Å². The van der Waals surface area contributed by atoms with Crippen LogP contribution in [0.2, 0.25) is 0 Å². The minimum absolute atomic E-state index is 0.902. The van der Waals surface area contributed by atoms with E-state index < -0.39 is 0 Å². The molecular weight excluding hydrogens is 120 g/mol. The molecule has 0 aromatic heterocycles. The van der Waals surface area contributed by atoms with Gasteiger partial charge in [-0.2, -0.15) is 0 Å². The van der Waals surface area contributed by atoms with Gasteiger partial charge in [-0.3, -0.25) is 0 Å². The van der Waals surface area contributed by atoms with Crippen LogP contribution in [-0.4, -0.2) is 0 Å². The summed E-state index contributed by atoms with van der Waals surface area (Å²) in [5, 5.41) is 0.903. The molecule has 0 bridgehead atoms. The van der Waals surface area contributed by atoms with E-state index in [9.17, 15) is 0 Å². The van der Waals surface area contributed by atoms with Crippen molar-refractivity contribution in [3.05, 3.63) is 23.3 Å². The van der Waals surface area contributed by atoms with E-state index in [0.717, 1.165) is 17.0 Å². The van der Waals surface area contributed by atoms with Crippen molar-refractivity contribution in [3.8, 4) is 0 Å². The number of halogens is 1. The van der Waals surface area contributed by atoms with Gasteiger partial charge in [0.2, 0.25) is 0 Å². The lowest BCUT2D eigenvalue weighted by Gasteiger charge is -1.93. The molecule has 0 heterocycles. The van der Waals surface area contributed by atoms with E-state index >= 15 is 0 Å². The molecule has 0 aromatic rings. The summed E-state index contributed by atoms with van der Waals surface area (Å²) in [6.07, 6.45) is 2.67. The monoisotopic (exact) mass is 130 g/mol. The van der Waals surface area contributed by atoms with Gasteiger partial charge in [0, 0.05) is 5.03 Å². The second kappa shape index (κ2) is 3.73. The van der Waals surface area contributed by atoms with E-state index in [1.807, 2.05) is 13.8 Å². The molecule has 46 valence electrons. The fourth-order valence-electron chi connectivity index (χ4n) is 0.390. The smallest absolute Gasteiger partial charge is 0.0207 e. The third-order valence-corrected chi connectivity index (χ3v) is 1.61. The number of hydrogen-bond acceptors (Lipinski definition) is 0. The average Bonchev–Trinajstić information content (AvgIpc) is 1.84. The first-order valence-corrected chi connectivity index (χ1v) is 3.07. The first-order valence-electron chi connectivity index (χ1n) is 2.70. The van der Waals surface area contributed by atoms with Gasteiger partial charge >= 0.3 is 0 Å². The standard InChI is InChI=1S/C7H11Cl/c1-4-6(3)7(8)5-2/h4H,1,5H2,2-3H3/b7-6+. The molecule has 0 aliphatic carbocycles. The van der Waals surface area contributed by atoms with E-state index in [-0.39, 0.29) is 0 Å². The molecule has 0 saturated carbocycles.